The average molecular weight is 890 g/mol. The Balaban J connectivity index is 0.000000253. The molecule has 9 N–H and O–H groups in total. The Bertz CT molecular complexity index is 2540. The highest BCUT2D eigenvalue weighted by Crippen LogP contribution is 2.38. The topological polar surface area (TPSA) is 248 Å². The number of aromatic nitrogens is 3. The Labute approximate surface area is 375 Å². The second kappa shape index (κ2) is 22.6. The predicted octanol–water partition coefficient (Wildman–Crippen LogP) is 5.17. The highest BCUT2D eigenvalue weighted by Gasteiger charge is 2.41. The number of benzene rings is 4. The number of carbonyl (C=O) groups excluding carboxylic acids is 1. The van der Waals surface area contributed by atoms with Crippen LogP contribution in [-0.4, -0.2) is 104 Å². The predicted molar refractivity (Wildman–Crippen MR) is 242 cm³/mol. The van der Waals surface area contributed by atoms with Crippen molar-refractivity contribution < 1.29 is 54.0 Å². The van der Waals surface area contributed by atoms with Crippen LogP contribution in [0.25, 0.3) is 20.8 Å². The second-order valence-electron chi connectivity index (χ2n) is 13.8. The van der Waals surface area contributed by atoms with E-state index in [1.165, 1.54) is 54.0 Å². The smallest absolute Gasteiger partial charge is 0.248 e. The molecule has 0 unspecified atom stereocenters. The average Bonchev–Trinajstić information content (AvgIpc) is 3.86. The Morgan fingerprint density at radius 3 is 1.78 bits per heavy atom. The molecule has 0 spiro atoms. The molecule has 2 aromatic heterocycles. The van der Waals surface area contributed by atoms with Gasteiger partial charge in [0.05, 0.1) is 79.0 Å². The van der Waals surface area contributed by atoms with E-state index in [1.807, 2.05) is 24.3 Å². The van der Waals surface area contributed by atoms with E-state index < -0.39 is 43.1 Å². The molecule has 0 radical (unpaired) electrons. The van der Waals surface area contributed by atoms with Crippen LogP contribution in [0.2, 0.25) is 0 Å². The number of aliphatic hydroxyl groups excluding tert-OH is 3. The van der Waals surface area contributed by atoms with E-state index in [0.717, 1.165) is 10.2 Å². The molecular weight excluding hydrogens is 831 g/mol. The third kappa shape index (κ3) is 12.4. The molecule has 2 heterocycles. The summed E-state index contributed by atoms with van der Waals surface area (Å²) in [4.78, 5) is 24.8. The summed E-state index contributed by atoms with van der Waals surface area (Å²) in [6.07, 6.45) is -1.91. The first-order valence-corrected chi connectivity index (χ1v) is 20.1. The molecule has 6 aromatic rings. The SMILES string of the molecule is COc1cc(OC)cc(C(N)=O)c1.[2H]C([2H])(N)c1cc(OC)cc(OC)c1.[2H]C([2H])(Nc1nc(C)c(-c2nc3ccccc3s2)c(N[C@@H]2C[C@H](CO)[C@@H](O)[C@H]2O)n1)c1cc(OC)cc(OC)c1. The number of nitrogens with two attached hydrogens (primary N) is 2. The van der Waals surface area contributed by atoms with Crippen LogP contribution < -0.4 is 50.5 Å². The van der Waals surface area contributed by atoms with Gasteiger partial charge in [0.1, 0.15) is 51.4 Å². The van der Waals surface area contributed by atoms with E-state index >= 15 is 0 Å². The van der Waals surface area contributed by atoms with Crippen molar-refractivity contribution in [1.82, 2.24) is 15.0 Å². The van der Waals surface area contributed by atoms with E-state index in [0.29, 0.717) is 74.1 Å². The summed E-state index contributed by atoms with van der Waals surface area (Å²) in [5.41, 5.74) is 13.3. The number of fused-ring (bicyclic) bond motifs is 1. The lowest BCUT2D eigenvalue weighted by atomic mass is 10.1. The van der Waals surface area contributed by atoms with Gasteiger partial charge in [0.2, 0.25) is 11.9 Å². The number of rotatable bonds is 15. The molecule has 4 aromatic carbocycles. The first-order valence-electron chi connectivity index (χ1n) is 21.3. The standard InChI is InChI=1S/C27H31N5O5S.C9H11NO3.C9H13NO2/c1-14-22(26-31-19-6-4-5-7-21(19)38-26)25(30-20-10-16(13-33)23(34)24(20)35)32-27(29-14)28-12-15-8-17(36-2)11-18(9-15)37-3;1-12-7-3-6(9(10)11)4-8(5-7)13-2;1-11-8-3-7(6-10)4-9(5-8)12-2/h4-9,11,16,20,23-24,33-35H,10,12-13H2,1-3H3,(H2,28,29,30,32);3-5H,1-2H3,(H2,10,11);3-5H,6,10H2,1-2H3/t16-,20-,23-,24+;;/m1../s1/i12D2;;6D2. The molecule has 1 saturated carbocycles. The van der Waals surface area contributed by atoms with Crippen molar-refractivity contribution in [1.29, 1.82) is 0 Å². The van der Waals surface area contributed by atoms with Crippen molar-refractivity contribution in [2.75, 3.05) is 59.9 Å². The van der Waals surface area contributed by atoms with Crippen LogP contribution >= 0.6 is 11.3 Å². The normalized spacial score (nSPS) is 17.8. The third-order valence-corrected chi connectivity index (χ3v) is 10.8. The lowest BCUT2D eigenvalue weighted by Crippen LogP contribution is -2.35. The number of nitrogens with one attached hydrogen (secondary N) is 2. The molecule has 1 amide bonds. The van der Waals surface area contributed by atoms with Crippen molar-refractivity contribution in [2.24, 2.45) is 17.4 Å². The zero-order valence-corrected chi connectivity index (χ0v) is 36.6. The fourth-order valence-corrected chi connectivity index (χ4v) is 7.50. The summed E-state index contributed by atoms with van der Waals surface area (Å²) < 4.78 is 63.7. The maximum atomic E-state index is 10.8. The highest BCUT2D eigenvalue weighted by molar-refractivity contribution is 7.21. The van der Waals surface area contributed by atoms with Crippen molar-refractivity contribution in [3.05, 3.63) is 101 Å². The minimum absolute atomic E-state index is 0.00314. The van der Waals surface area contributed by atoms with Gasteiger partial charge in [-0.2, -0.15) is 4.98 Å². The molecule has 1 aliphatic carbocycles. The molecule has 1 aliphatic rings. The van der Waals surface area contributed by atoms with Crippen LogP contribution in [0.1, 0.15) is 39.1 Å². The summed E-state index contributed by atoms with van der Waals surface area (Å²) in [7, 11) is 9.01. The molecule has 1 fully saturated rings. The van der Waals surface area contributed by atoms with Gasteiger partial charge in [-0.3, -0.25) is 4.79 Å². The molecule has 4 atom stereocenters. The van der Waals surface area contributed by atoms with Gasteiger partial charge in [0.15, 0.2) is 0 Å². The summed E-state index contributed by atoms with van der Waals surface area (Å²) in [6.45, 7) is -2.49. The number of anilines is 2. The number of ether oxygens (including phenoxy) is 6. The molecule has 336 valence electrons. The van der Waals surface area contributed by atoms with Gasteiger partial charge in [-0.1, -0.05) is 12.1 Å². The number of methoxy groups -OCH3 is 6. The van der Waals surface area contributed by atoms with Gasteiger partial charge in [-0.25, -0.2) is 9.97 Å². The largest absolute Gasteiger partial charge is 0.497 e. The molecule has 0 saturated heterocycles. The van der Waals surface area contributed by atoms with Gasteiger partial charge in [0, 0.05) is 52.0 Å². The summed E-state index contributed by atoms with van der Waals surface area (Å²) in [5.74, 6) is 2.33. The van der Waals surface area contributed by atoms with Gasteiger partial charge in [0.25, 0.3) is 0 Å². The minimum atomic E-state index is -2.12. The van der Waals surface area contributed by atoms with Gasteiger partial charge >= 0.3 is 0 Å². The third-order valence-electron chi connectivity index (χ3n) is 9.78. The van der Waals surface area contributed by atoms with Crippen molar-refractivity contribution >= 4 is 39.2 Å². The fraction of sp³-hybridized carbons (Fsp3) is 0.333. The van der Waals surface area contributed by atoms with Gasteiger partial charge < -0.3 is 65.8 Å². The zero-order valence-electron chi connectivity index (χ0n) is 39.8. The lowest BCUT2D eigenvalue weighted by molar-refractivity contribution is 0.00446. The minimum Gasteiger partial charge on any atom is -0.497 e. The zero-order chi connectivity index (χ0) is 49.2. The number of thiazole rings is 1. The van der Waals surface area contributed by atoms with E-state index in [4.69, 9.17) is 50.4 Å². The quantitative estimate of drug-likeness (QED) is 0.0703. The molecule has 18 heteroatoms. The molecule has 17 nitrogen and oxygen atoms in total. The molecule has 63 heavy (non-hydrogen) atoms. The lowest BCUT2D eigenvalue weighted by Gasteiger charge is -2.21. The van der Waals surface area contributed by atoms with Crippen molar-refractivity contribution in [3.8, 4) is 45.1 Å². The number of aliphatic hydroxyl groups is 3. The fourth-order valence-electron chi connectivity index (χ4n) is 6.44. The molecule has 7 rings (SSSR count). The van der Waals surface area contributed by atoms with Crippen molar-refractivity contribution in [2.45, 2.75) is 44.6 Å². The highest BCUT2D eigenvalue weighted by atomic mass is 32.1. The first-order chi connectivity index (χ1) is 31.8. The summed E-state index contributed by atoms with van der Waals surface area (Å²) in [5, 5.41) is 37.4. The number of hydrogen-bond acceptors (Lipinski definition) is 17. The Morgan fingerprint density at radius 2 is 1.30 bits per heavy atom. The number of aryl methyl sites for hydroxylation is 1. The van der Waals surface area contributed by atoms with Crippen LogP contribution in [0.5, 0.6) is 34.5 Å². The van der Waals surface area contributed by atoms with Gasteiger partial charge in [-0.05, 0) is 73.0 Å². The number of primary amides is 1. The Hall–Kier alpha value is -6.44. The van der Waals surface area contributed by atoms with Gasteiger partial charge in [-0.15, -0.1) is 11.3 Å². The maximum absolute atomic E-state index is 10.8. The van der Waals surface area contributed by atoms with Crippen LogP contribution in [0.3, 0.4) is 0 Å². The van der Waals surface area contributed by atoms with Crippen LogP contribution in [-0.2, 0) is 13.0 Å². The van der Waals surface area contributed by atoms with E-state index in [9.17, 15) is 20.1 Å². The first kappa shape index (κ1) is 41.9. The number of amides is 1. The van der Waals surface area contributed by atoms with E-state index in [1.54, 1.807) is 61.5 Å². The molecular formula is C45H55N7O10S. The monoisotopic (exact) mass is 889 g/mol. The summed E-state index contributed by atoms with van der Waals surface area (Å²) in [6, 6.07) is 21.4. The number of nitrogens with zero attached hydrogens (tertiary/aromatic N) is 3. The molecule has 0 aliphatic heterocycles. The number of carbonyl (C=O) groups is 1. The number of hydrogen-bond donors (Lipinski definition) is 7. The maximum Gasteiger partial charge on any atom is 0.248 e. The van der Waals surface area contributed by atoms with Crippen LogP contribution in [0, 0.1) is 12.8 Å². The Morgan fingerprint density at radius 1 is 0.778 bits per heavy atom. The van der Waals surface area contributed by atoms with Crippen molar-refractivity contribution in [3.63, 3.8) is 0 Å². The van der Waals surface area contributed by atoms with Crippen LogP contribution in [0.15, 0.2) is 78.9 Å². The van der Waals surface area contributed by atoms with E-state index in [-0.39, 0.29) is 18.1 Å². The van der Waals surface area contributed by atoms with Crippen LogP contribution in [0.4, 0.5) is 11.8 Å². The Kier molecular flexibility index (Phi) is 15.0. The molecule has 0 bridgehead atoms. The second-order valence-corrected chi connectivity index (χ2v) is 14.8. The number of para-hydroxylation sites is 1. The summed E-state index contributed by atoms with van der Waals surface area (Å²) >= 11 is 1.46. The van der Waals surface area contributed by atoms with E-state index in [2.05, 4.69) is 20.6 Å².